The van der Waals surface area contributed by atoms with Crippen LogP contribution in [-0.4, -0.2) is 43.2 Å². The third-order valence-corrected chi connectivity index (χ3v) is 2.15. The molecule has 0 unspecified atom stereocenters. The molecule has 15 heavy (non-hydrogen) atoms. The number of hydrogen-bond acceptors (Lipinski definition) is 2. The molecular weight excluding hydrogens is 190 g/mol. The van der Waals surface area contributed by atoms with E-state index in [1.807, 2.05) is 14.1 Å². The van der Waals surface area contributed by atoms with E-state index in [0.29, 0.717) is 6.54 Å². The molecule has 1 radical (unpaired) electrons. The number of urea groups is 1. The van der Waals surface area contributed by atoms with Gasteiger partial charge in [0.05, 0.1) is 0 Å². The smallest absolute Gasteiger partial charge is 0.256 e. The molecule has 0 aliphatic carbocycles. The van der Waals surface area contributed by atoms with Crippen LogP contribution in [0.3, 0.4) is 0 Å². The molecule has 89 valence electrons. The van der Waals surface area contributed by atoms with Gasteiger partial charge in [0.15, 0.2) is 0 Å². The van der Waals surface area contributed by atoms with Crippen molar-refractivity contribution >= 4 is 6.03 Å². The molecule has 0 saturated heterocycles. The lowest BCUT2D eigenvalue weighted by Crippen LogP contribution is -2.45. The summed E-state index contributed by atoms with van der Waals surface area (Å²) in [5, 5.41) is 7.52. The van der Waals surface area contributed by atoms with Crippen LogP contribution in [-0.2, 0) is 0 Å². The molecule has 0 N–H and O–H groups in total. The summed E-state index contributed by atoms with van der Waals surface area (Å²) in [4.78, 5) is 11.7. The van der Waals surface area contributed by atoms with Gasteiger partial charge in [-0.3, -0.25) is 5.01 Å². The number of rotatable bonds is 7. The van der Waals surface area contributed by atoms with Crippen LogP contribution in [0.2, 0.25) is 0 Å². The van der Waals surface area contributed by atoms with Crippen LogP contribution in [0.15, 0.2) is 0 Å². The first-order chi connectivity index (χ1) is 7.13. The maximum Gasteiger partial charge on any atom is 0.353 e. The van der Waals surface area contributed by atoms with Crippen molar-refractivity contribution in [1.82, 2.24) is 15.3 Å². The molecule has 0 saturated carbocycles. The zero-order valence-corrected chi connectivity index (χ0v) is 10.5. The first kappa shape index (κ1) is 14.2. The Labute approximate surface area is 93.6 Å². The number of carbonyl (C=O) groups excluding carboxylic acids is 1. The number of nitrogens with zero attached hydrogens (tertiary/aromatic N) is 3. The molecule has 0 aromatic rings. The van der Waals surface area contributed by atoms with Crippen molar-refractivity contribution in [2.24, 2.45) is 0 Å². The number of hydrogen-bond donors (Lipinski definition) is 0. The standard InChI is InChI=1S/C11H24N3O/c1-5-7-8-9-12-11(15)14(10-6-2)13(3)4/h5-10H2,1-4H3. The van der Waals surface area contributed by atoms with Crippen LogP contribution in [0.5, 0.6) is 0 Å². The van der Waals surface area contributed by atoms with E-state index in [1.165, 1.54) is 0 Å². The number of hydrazine groups is 1. The Hall–Kier alpha value is -0.770. The summed E-state index contributed by atoms with van der Waals surface area (Å²) >= 11 is 0. The summed E-state index contributed by atoms with van der Waals surface area (Å²) in [5.41, 5.74) is 0. The number of carbonyl (C=O) groups is 1. The van der Waals surface area contributed by atoms with Crippen molar-refractivity contribution in [1.29, 1.82) is 0 Å². The molecule has 0 bridgehead atoms. The molecule has 0 aliphatic heterocycles. The molecule has 0 heterocycles. The van der Waals surface area contributed by atoms with Gasteiger partial charge in [-0.15, -0.1) is 0 Å². The summed E-state index contributed by atoms with van der Waals surface area (Å²) in [7, 11) is 3.74. The summed E-state index contributed by atoms with van der Waals surface area (Å²) in [6.07, 6.45) is 4.27. The van der Waals surface area contributed by atoms with Gasteiger partial charge in [0, 0.05) is 27.2 Å². The molecule has 0 aromatic carbocycles. The first-order valence-electron chi connectivity index (χ1n) is 5.79. The minimum atomic E-state index is -0.113. The van der Waals surface area contributed by atoms with Crippen LogP contribution in [0.4, 0.5) is 4.79 Å². The third kappa shape index (κ3) is 6.33. The first-order valence-corrected chi connectivity index (χ1v) is 5.79. The van der Waals surface area contributed by atoms with Crippen LogP contribution < -0.4 is 5.32 Å². The van der Waals surface area contributed by atoms with E-state index in [2.05, 4.69) is 19.2 Å². The Balaban J connectivity index is 3.82. The van der Waals surface area contributed by atoms with Crippen molar-refractivity contribution in [2.45, 2.75) is 39.5 Å². The van der Waals surface area contributed by atoms with Gasteiger partial charge < -0.3 is 0 Å². The van der Waals surface area contributed by atoms with E-state index in [4.69, 9.17) is 0 Å². The van der Waals surface area contributed by atoms with E-state index in [-0.39, 0.29) is 6.03 Å². The Kier molecular flexibility index (Phi) is 8.09. The molecular formula is C11H24N3O. The quantitative estimate of drug-likeness (QED) is 0.481. The van der Waals surface area contributed by atoms with E-state index in [0.717, 1.165) is 32.2 Å². The molecule has 0 spiro atoms. The summed E-state index contributed by atoms with van der Waals surface area (Å²) in [6.45, 7) is 5.59. The highest BCUT2D eigenvalue weighted by molar-refractivity contribution is 5.73. The molecule has 4 heteroatoms. The maximum atomic E-state index is 11.7. The van der Waals surface area contributed by atoms with Gasteiger partial charge in [0.1, 0.15) is 0 Å². The second kappa shape index (κ2) is 8.53. The zero-order valence-electron chi connectivity index (χ0n) is 10.5. The molecule has 4 nitrogen and oxygen atoms in total. The second-order valence-corrected chi connectivity index (χ2v) is 3.84. The van der Waals surface area contributed by atoms with Crippen molar-refractivity contribution in [3.8, 4) is 0 Å². The van der Waals surface area contributed by atoms with Gasteiger partial charge >= 0.3 is 6.03 Å². The molecule has 0 aromatic heterocycles. The highest BCUT2D eigenvalue weighted by Gasteiger charge is 2.14. The minimum absolute atomic E-state index is 0.113. The monoisotopic (exact) mass is 214 g/mol. The molecule has 2 amide bonds. The van der Waals surface area contributed by atoms with Crippen molar-refractivity contribution in [3.05, 3.63) is 0 Å². The Morgan fingerprint density at radius 1 is 1.13 bits per heavy atom. The maximum absolute atomic E-state index is 11.7. The van der Waals surface area contributed by atoms with E-state index in [1.54, 1.807) is 10.0 Å². The lowest BCUT2D eigenvalue weighted by molar-refractivity contribution is 0.0623. The van der Waals surface area contributed by atoms with E-state index >= 15 is 0 Å². The van der Waals surface area contributed by atoms with Crippen LogP contribution in [0, 0.1) is 0 Å². The largest absolute Gasteiger partial charge is 0.353 e. The van der Waals surface area contributed by atoms with E-state index in [9.17, 15) is 4.79 Å². The zero-order chi connectivity index (χ0) is 11.7. The third-order valence-electron chi connectivity index (χ3n) is 2.15. The lowest BCUT2D eigenvalue weighted by Gasteiger charge is -2.27. The molecule has 0 aliphatic rings. The summed E-state index contributed by atoms with van der Waals surface area (Å²) in [6, 6.07) is -0.113. The fourth-order valence-electron chi connectivity index (χ4n) is 1.30. The fraction of sp³-hybridized carbons (Fsp3) is 0.909. The van der Waals surface area contributed by atoms with Crippen LogP contribution in [0.1, 0.15) is 39.5 Å². The lowest BCUT2D eigenvalue weighted by atomic mass is 10.2. The second-order valence-electron chi connectivity index (χ2n) is 3.84. The highest BCUT2D eigenvalue weighted by atomic mass is 16.2. The van der Waals surface area contributed by atoms with Crippen molar-refractivity contribution in [2.75, 3.05) is 27.2 Å². The summed E-state index contributed by atoms with van der Waals surface area (Å²) < 4.78 is 0. The summed E-state index contributed by atoms with van der Waals surface area (Å²) in [5.74, 6) is 0. The van der Waals surface area contributed by atoms with E-state index < -0.39 is 0 Å². The SMILES string of the molecule is CCCCC[N]C(=O)N(CCC)N(C)C. The van der Waals surface area contributed by atoms with Crippen LogP contribution in [0.25, 0.3) is 0 Å². The van der Waals surface area contributed by atoms with Gasteiger partial charge in [0.2, 0.25) is 0 Å². The Morgan fingerprint density at radius 2 is 1.80 bits per heavy atom. The molecule has 0 atom stereocenters. The van der Waals surface area contributed by atoms with Gasteiger partial charge in [-0.05, 0) is 12.8 Å². The molecule has 0 rings (SSSR count). The molecule has 0 fully saturated rings. The Bertz CT molecular complexity index is 171. The fourth-order valence-corrected chi connectivity index (χ4v) is 1.30. The number of amides is 2. The average Bonchev–Trinajstić information content (AvgIpc) is 2.20. The predicted molar refractivity (Wildman–Crippen MR) is 62.6 cm³/mol. The minimum Gasteiger partial charge on any atom is -0.256 e. The normalized spacial score (nSPS) is 10.5. The number of unbranched alkanes of at least 4 members (excludes halogenated alkanes) is 2. The topological polar surface area (TPSA) is 37.7 Å². The van der Waals surface area contributed by atoms with Crippen molar-refractivity contribution in [3.63, 3.8) is 0 Å². The predicted octanol–water partition coefficient (Wildman–Crippen LogP) is 2.09. The average molecular weight is 214 g/mol. The van der Waals surface area contributed by atoms with Gasteiger partial charge in [-0.2, -0.15) is 0 Å². The van der Waals surface area contributed by atoms with Gasteiger partial charge in [0.25, 0.3) is 0 Å². The Morgan fingerprint density at radius 3 is 2.27 bits per heavy atom. The van der Waals surface area contributed by atoms with Crippen LogP contribution >= 0.6 is 0 Å². The van der Waals surface area contributed by atoms with Crippen molar-refractivity contribution < 1.29 is 4.79 Å². The van der Waals surface area contributed by atoms with Gasteiger partial charge in [-0.1, -0.05) is 26.7 Å². The highest BCUT2D eigenvalue weighted by Crippen LogP contribution is 1.97. The van der Waals surface area contributed by atoms with Gasteiger partial charge in [-0.25, -0.2) is 15.1 Å².